The molecule has 0 radical (unpaired) electrons. The lowest BCUT2D eigenvalue weighted by atomic mass is 10.1. The molecule has 0 fully saturated rings. The highest BCUT2D eigenvalue weighted by Gasteiger charge is 2.20. The van der Waals surface area contributed by atoms with E-state index in [1.165, 1.54) is 5.56 Å². The second kappa shape index (κ2) is 11.1. The fourth-order valence-electron chi connectivity index (χ4n) is 4.15. The number of amides is 1. The lowest BCUT2D eigenvalue weighted by Crippen LogP contribution is -3.11. The zero-order valence-electron chi connectivity index (χ0n) is 20.1. The summed E-state index contributed by atoms with van der Waals surface area (Å²) in [5.74, 6) is -0.0812. The van der Waals surface area contributed by atoms with Crippen LogP contribution < -0.4 is 10.2 Å². The quantitative estimate of drug-likeness (QED) is 0.508. The number of hydrogen-bond acceptors (Lipinski definition) is 2. The van der Waals surface area contributed by atoms with Crippen molar-refractivity contribution in [2.24, 2.45) is 0 Å². The minimum Gasteiger partial charge on any atom is -0.348 e. The second-order valence-corrected chi connectivity index (χ2v) is 8.71. The van der Waals surface area contributed by atoms with Crippen LogP contribution in [0.4, 0.5) is 0 Å². The summed E-state index contributed by atoms with van der Waals surface area (Å²) in [5, 5.41) is 8.03. The van der Waals surface area contributed by atoms with Gasteiger partial charge in [-0.15, -0.1) is 0 Å². The Morgan fingerprint density at radius 2 is 1.78 bits per heavy atom. The SMILES string of the molecule is CC[NH+](CC)CCC[C@H](C)NC(=O)c1cc(-c2ccccc2)nn1-c1ccc(C)cc1C. The monoisotopic (exact) mass is 433 g/mol. The summed E-state index contributed by atoms with van der Waals surface area (Å²) in [5.41, 5.74) is 5.58. The molecule has 0 unspecified atom stereocenters. The number of quaternary nitrogens is 1. The number of hydrogen-bond donors (Lipinski definition) is 2. The van der Waals surface area contributed by atoms with Gasteiger partial charge in [0.25, 0.3) is 5.91 Å². The Morgan fingerprint density at radius 1 is 1.06 bits per heavy atom. The van der Waals surface area contributed by atoms with E-state index in [4.69, 9.17) is 5.10 Å². The smallest absolute Gasteiger partial charge is 0.270 e. The maximum atomic E-state index is 13.3. The van der Waals surface area contributed by atoms with Crippen LogP contribution >= 0.6 is 0 Å². The van der Waals surface area contributed by atoms with Gasteiger partial charge in [-0.2, -0.15) is 5.10 Å². The molecule has 1 amide bonds. The average molecular weight is 434 g/mol. The molecule has 0 aliphatic carbocycles. The van der Waals surface area contributed by atoms with Gasteiger partial charge in [-0.3, -0.25) is 4.79 Å². The van der Waals surface area contributed by atoms with Gasteiger partial charge < -0.3 is 10.2 Å². The van der Waals surface area contributed by atoms with Gasteiger partial charge in [0.15, 0.2) is 0 Å². The predicted molar refractivity (Wildman–Crippen MR) is 132 cm³/mol. The molecule has 2 N–H and O–H groups in total. The molecule has 3 aromatic rings. The highest BCUT2D eigenvalue weighted by Crippen LogP contribution is 2.24. The van der Waals surface area contributed by atoms with Crippen molar-refractivity contribution in [2.45, 2.75) is 53.5 Å². The highest BCUT2D eigenvalue weighted by molar-refractivity contribution is 5.94. The average Bonchev–Trinajstić information content (AvgIpc) is 3.23. The van der Waals surface area contributed by atoms with E-state index in [1.54, 1.807) is 9.58 Å². The molecule has 32 heavy (non-hydrogen) atoms. The molecule has 0 bridgehead atoms. The van der Waals surface area contributed by atoms with E-state index in [1.807, 2.05) is 42.5 Å². The van der Waals surface area contributed by atoms with Crippen LogP contribution in [0.25, 0.3) is 16.9 Å². The molecular weight excluding hydrogens is 396 g/mol. The maximum Gasteiger partial charge on any atom is 0.270 e. The first-order valence-corrected chi connectivity index (χ1v) is 11.8. The summed E-state index contributed by atoms with van der Waals surface area (Å²) in [6.45, 7) is 14.1. The van der Waals surface area contributed by atoms with Crippen LogP contribution in [-0.2, 0) is 0 Å². The van der Waals surface area contributed by atoms with Gasteiger partial charge >= 0.3 is 0 Å². The number of aryl methyl sites for hydroxylation is 2. The van der Waals surface area contributed by atoms with Gasteiger partial charge in [0, 0.05) is 11.6 Å². The second-order valence-electron chi connectivity index (χ2n) is 8.71. The third kappa shape index (κ3) is 5.86. The molecule has 5 heteroatoms. The third-order valence-electron chi connectivity index (χ3n) is 6.14. The van der Waals surface area contributed by atoms with Gasteiger partial charge in [0.1, 0.15) is 5.69 Å². The minimum atomic E-state index is -0.0812. The van der Waals surface area contributed by atoms with Gasteiger partial charge in [-0.1, -0.05) is 48.0 Å². The first-order chi connectivity index (χ1) is 15.4. The van der Waals surface area contributed by atoms with E-state index in [0.717, 1.165) is 55.0 Å². The summed E-state index contributed by atoms with van der Waals surface area (Å²) >= 11 is 0. The van der Waals surface area contributed by atoms with Crippen LogP contribution in [0.5, 0.6) is 0 Å². The molecular formula is C27H37N4O+. The van der Waals surface area contributed by atoms with Crippen LogP contribution in [0.15, 0.2) is 54.6 Å². The summed E-state index contributed by atoms with van der Waals surface area (Å²) in [6.07, 6.45) is 2.07. The molecule has 1 heterocycles. The van der Waals surface area contributed by atoms with Gasteiger partial charge in [0.2, 0.25) is 0 Å². The Morgan fingerprint density at radius 3 is 2.44 bits per heavy atom. The van der Waals surface area contributed by atoms with E-state index in [0.29, 0.717) is 5.69 Å². The van der Waals surface area contributed by atoms with E-state index >= 15 is 0 Å². The largest absolute Gasteiger partial charge is 0.348 e. The van der Waals surface area contributed by atoms with Crippen molar-refractivity contribution in [3.05, 3.63) is 71.4 Å². The number of aromatic nitrogens is 2. The van der Waals surface area contributed by atoms with Crippen molar-refractivity contribution in [1.29, 1.82) is 0 Å². The summed E-state index contributed by atoms with van der Waals surface area (Å²) < 4.78 is 1.79. The van der Waals surface area contributed by atoms with Crippen molar-refractivity contribution in [1.82, 2.24) is 15.1 Å². The molecule has 3 rings (SSSR count). The number of rotatable bonds is 10. The molecule has 0 aliphatic heterocycles. The Labute approximate surface area is 192 Å². The van der Waals surface area contributed by atoms with Crippen LogP contribution in [0.3, 0.4) is 0 Å². The molecule has 0 saturated carbocycles. The number of benzene rings is 2. The van der Waals surface area contributed by atoms with Crippen molar-refractivity contribution in [3.63, 3.8) is 0 Å². The first kappa shape index (κ1) is 23.7. The summed E-state index contributed by atoms with van der Waals surface area (Å²) in [4.78, 5) is 14.9. The van der Waals surface area contributed by atoms with Gasteiger partial charge in [-0.05, 0) is 65.2 Å². The van der Waals surface area contributed by atoms with Gasteiger partial charge in [-0.25, -0.2) is 4.68 Å². The van der Waals surface area contributed by atoms with E-state index in [-0.39, 0.29) is 11.9 Å². The molecule has 1 aromatic heterocycles. The topological polar surface area (TPSA) is 51.4 Å². The van der Waals surface area contributed by atoms with E-state index in [9.17, 15) is 4.79 Å². The van der Waals surface area contributed by atoms with E-state index in [2.05, 4.69) is 52.1 Å². The number of nitrogens with one attached hydrogen (secondary N) is 2. The Balaban J connectivity index is 1.84. The normalized spacial score (nSPS) is 12.2. The molecule has 0 aliphatic rings. The zero-order valence-corrected chi connectivity index (χ0v) is 20.1. The van der Waals surface area contributed by atoms with Crippen molar-refractivity contribution < 1.29 is 9.69 Å². The Kier molecular flexibility index (Phi) is 8.23. The molecule has 0 spiro atoms. The van der Waals surface area contributed by atoms with Crippen LogP contribution in [0.1, 0.15) is 55.2 Å². The molecule has 2 aromatic carbocycles. The van der Waals surface area contributed by atoms with Crippen molar-refractivity contribution in [2.75, 3.05) is 19.6 Å². The predicted octanol–water partition coefficient (Wildman–Crippen LogP) is 3.98. The van der Waals surface area contributed by atoms with Crippen LogP contribution in [0.2, 0.25) is 0 Å². The summed E-state index contributed by atoms with van der Waals surface area (Å²) in [6, 6.07) is 18.3. The van der Waals surface area contributed by atoms with Crippen molar-refractivity contribution in [3.8, 4) is 16.9 Å². The number of nitrogens with zero attached hydrogens (tertiary/aromatic N) is 2. The lowest BCUT2D eigenvalue weighted by molar-refractivity contribution is -0.896. The minimum absolute atomic E-state index is 0.0812. The van der Waals surface area contributed by atoms with Crippen molar-refractivity contribution >= 4 is 5.91 Å². The summed E-state index contributed by atoms with van der Waals surface area (Å²) in [7, 11) is 0. The standard InChI is InChI=1S/C27H36N4O/c1-6-30(7-2)17-11-12-22(5)28-27(32)26-19-24(23-13-9-8-10-14-23)29-31(26)25-16-15-20(3)18-21(25)4/h8-10,13-16,18-19,22H,6-7,11-12,17H2,1-5H3,(H,28,32)/p+1/t22-/m0/s1. The molecule has 0 saturated heterocycles. The van der Waals surface area contributed by atoms with E-state index < -0.39 is 0 Å². The zero-order chi connectivity index (χ0) is 23.1. The van der Waals surface area contributed by atoms with Crippen LogP contribution in [-0.4, -0.2) is 41.4 Å². The number of carbonyl (C=O) groups is 1. The van der Waals surface area contributed by atoms with Gasteiger partial charge in [0.05, 0.1) is 31.0 Å². The Bertz CT molecular complexity index is 1020. The highest BCUT2D eigenvalue weighted by atomic mass is 16.2. The molecule has 170 valence electrons. The molecule has 1 atom stereocenters. The first-order valence-electron chi connectivity index (χ1n) is 11.8. The van der Waals surface area contributed by atoms with Crippen LogP contribution in [0, 0.1) is 13.8 Å². The lowest BCUT2D eigenvalue weighted by Gasteiger charge is -2.18. The fraction of sp³-hybridized carbons (Fsp3) is 0.407. The Hall–Kier alpha value is -2.92. The number of carbonyl (C=O) groups excluding carboxylic acids is 1. The molecule has 5 nitrogen and oxygen atoms in total. The fourth-order valence-corrected chi connectivity index (χ4v) is 4.15. The maximum absolute atomic E-state index is 13.3. The third-order valence-corrected chi connectivity index (χ3v) is 6.14.